The van der Waals surface area contributed by atoms with Gasteiger partial charge in [0.15, 0.2) is 6.04 Å². The van der Waals surface area contributed by atoms with E-state index < -0.39 is 54.3 Å². The van der Waals surface area contributed by atoms with Crippen molar-refractivity contribution in [1.82, 2.24) is 10.6 Å². The molecule has 4 rings (SSSR count). The van der Waals surface area contributed by atoms with Crippen LogP contribution in [0.1, 0.15) is 42.4 Å². The fourth-order valence-electron chi connectivity index (χ4n) is 5.30. The summed E-state index contributed by atoms with van der Waals surface area (Å²) in [4.78, 5) is 53.1. The van der Waals surface area contributed by atoms with Crippen LogP contribution < -0.4 is 10.6 Å². The number of carbonyl (C=O) groups is 4. The van der Waals surface area contributed by atoms with E-state index in [4.69, 9.17) is 9.47 Å². The summed E-state index contributed by atoms with van der Waals surface area (Å²) >= 11 is 0. The Balaban J connectivity index is 1.48. The largest absolute Gasteiger partial charge is 0.463 e. The number of carbonyl (C=O) groups excluding carboxylic acids is 4. The van der Waals surface area contributed by atoms with E-state index in [2.05, 4.69) is 10.6 Å². The summed E-state index contributed by atoms with van der Waals surface area (Å²) in [5, 5.41) is 15.4. The molecule has 4 unspecified atom stereocenters. The Morgan fingerprint density at radius 1 is 0.870 bits per heavy atom. The number of cyclic esters (lactones) is 1. The minimum Gasteiger partial charge on any atom is -0.463 e. The van der Waals surface area contributed by atoms with E-state index in [0.717, 1.165) is 16.7 Å². The maximum absolute atomic E-state index is 13.6. The molecule has 0 aromatic heterocycles. The normalized spacial score (nSPS) is 19.7. The molecule has 0 spiro atoms. The summed E-state index contributed by atoms with van der Waals surface area (Å²) in [7, 11) is 0. The van der Waals surface area contributed by atoms with Crippen LogP contribution in [0.2, 0.25) is 0 Å². The number of hydrogen-bond acceptors (Lipinski definition) is 7. The van der Waals surface area contributed by atoms with Gasteiger partial charge in [-0.1, -0.05) is 103 Å². The Hall–Kier alpha value is -4.76. The van der Waals surface area contributed by atoms with Crippen molar-refractivity contribution in [3.05, 3.63) is 120 Å². The molecule has 2 amide bonds. The molecule has 0 saturated carbocycles. The molecule has 46 heavy (non-hydrogen) atoms. The van der Waals surface area contributed by atoms with Crippen molar-refractivity contribution in [2.24, 2.45) is 11.8 Å². The van der Waals surface area contributed by atoms with Gasteiger partial charge in [0, 0.05) is 6.42 Å². The fraction of sp³-hybridized carbons (Fsp3) is 0.351. The van der Waals surface area contributed by atoms with Gasteiger partial charge in [-0.2, -0.15) is 0 Å². The summed E-state index contributed by atoms with van der Waals surface area (Å²) in [6, 6.07) is 26.4. The van der Waals surface area contributed by atoms with Gasteiger partial charge in [-0.3, -0.25) is 14.4 Å². The van der Waals surface area contributed by atoms with Crippen LogP contribution in [0.4, 0.5) is 0 Å². The van der Waals surface area contributed by atoms with E-state index in [0.29, 0.717) is 25.7 Å². The first-order valence-corrected chi connectivity index (χ1v) is 15.7. The number of nitrogens with one attached hydrogen (secondary N) is 2. The fourth-order valence-corrected chi connectivity index (χ4v) is 5.30. The molecule has 1 heterocycles. The minimum atomic E-state index is -1.27. The van der Waals surface area contributed by atoms with E-state index in [9.17, 15) is 24.3 Å². The maximum atomic E-state index is 13.6. The number of amides is 2. The number of aliphatic hydroxyl groups excluding tert-OH is 1. The lowest BCUT2D eigenvalue weighted by Gasteiger charge is -2.23. The highest BCUT2D eigenvalue weighted by atomic mass is 16.6. The van der Waals surface area contributed by atoms with Crippen molar-refractivity contribution in [2.75, 3.05) is 13.2 Å². The quantitative estimate of drug-likeness (QED) is 0.216. The Labute approximate surface area is 270 Å². The van der Waals surface area contributed by atoms with Gasteiger partial charge in [0.25, 0.3) is 0 Å². The zero-order valence-corrected chi connectivity index (χ0v) is 25.9. The Morgan fingerprint density at radius 3 is 2.15 bits per heavy atom. The molecule has 0 aliphatic carbocycles. The molecule has 0 radical (unpaired) electrons. The highest BCUT2D eigenvalue weighted by molar-refractivity contribution is 5.89. The molecule has 9 heteroatoms. The number of ether oxygens (including phenoxy) is 2. The molecule has 9 nitrogen and oxygen atoms in total. The van der Waals surface area contributed by atoms with Gasteiger partial charge < -0.3 is 25.2 Å². The third kappa shape index (κ3) is 11.3. The number of esters is 2. The highest BCUT2D eigenvalue weighted by Crippen LogP contribution is 2.19. The number of hydrogen-bond donors (Lipinski definition) is 3. The van der Waals surface area contributed by atoms with Crippen molar-refractivity contribution in [3.63, 3.8) is 0 Å². The smallest absolute Gasteiger partial charge is 0.332 e. The standard InChI is InChI=1S/C37H42N2O7/c40-24-32(22-28-15-7-2-8-16-28)38-34(41)23-30-19-11-4-12-20-31(21-27-13-5-1-6-14-27)36(43)46-26-33(39-35(30)42)37(44)45-25-29-17-9-3-10-18-29/h1-11,13-18,30-33,40H,12,19-26H2,(H,38,41)(H,39,42). The third-order valence-corrected chi connectivity index (χ3v) is 7.86. The van der Waals surface area contributed by atoms with Gasteiger partial charge in [-0.05, 0) is 48.8 Å². The van der Waals surface area contributed by atoms with Gasteiger partial charge in [-0.25, -0.2) is 4.79 Å². The molecule has 242 valence electrons. The Kier molecular flexibility index (Phi) is 13.5. The van der Waals surface area contributed by atoms with E-state index >= 15 is 0 Å². The third-order valence-electron chi connectivity index (χ3n) is 7.86. The van der Waals surface area contributed by atoms with E-state index in [1.807, 2.05) is 103 Å². The lowest BCUT2D eigenvalue weighted by Crippen LogP contribution is -2.48. The van der Waals surface area contributed by atoms with Crippen molar-refractivity contribution in [2.45, 2.75) is 57.2 Å². The van der Waals surface area contributed by atoms with Gasteiger partial charge in [0.1, 0.15) is 13.2 Å². The van der Waals surface area contributed by atoms with Gasteiger partial charge in [0.2, 0.25) is 11.8 Å². The number of aliphatic hydroxyl groups is 1. The monoisotopic (exact) mass is 626 g/mol. The zero-order chi connectivity index (χ0) is 32.6. The molecule has 1 aliphatic rings. The summed E-state index contributed by atoms with van der Waals surface area (Å²) in [5.74, 6) is -3.41. The predicted molar refractivity (Wildman–Crippen MR) is 173 cm³/mol. The second-order valence-corrected chi connectivity index (χ2v) is 11.5. The summed E-state index contributed by atoms with van der Waals surface area (Å²) in [5.41, 5.74) is 2.71. The van der Waals surface area contributed by atoms with Crippen LogP contribution in [0.15, 0.2) is 103 Å². The highest BCUT2D eigenvalue weighted by Gasteiger charge is 2.31. The molecule has 0 saturated heterocycles. The molecule has 3 N–H and O–H groups in total. The minimum absolute atomic E-state index is 0.0187. The van der Waals surface area contributed by atoms with Crippen LogP contribution in [-0.2, 0) is 48.1 Å². The Morgan fingerprint density at radius 2 is 1.50 bits per heavy atom. The van der Waals surface area contributed by atoms with Crippen molar-refractivity contribution < 1.29 is 33.8 Å². The topological polar surface area (TPSA) is 131 Å². The van der Waals surface area contributed by atoms with Gasteiger partial charge in [0.05, 0.1) is 24.5 Å². The SMILES string of the molecule is O=C(CC1CC=CCCC(Cc2ccccc2)C(=O)OCC(C(=O)OCc2ccccc2)NC1=O)NC(CO)Cc1ccccc1. The molecule has 3 aromatic rings. The summed E-state index contributed by atoms with van der Waals surface area (Å²) in [6.07, 6.45) is 5.80. The van der Waals surface area contributed by atoms with Crippen LogP contribution in [0, 0.1) is 11.8 Å². The van der Waals surface area contributed by atoms with Crippen LogP contribution in [-0.4, -0.2) is 54.2 Å². The summed E-state index contributed by atoms with van der Waals surface area (Å²) in [6.45, 7) is -0.684. The van der Waals surface area contributed by atoms with Crippen LogP contribution in [0.5, 0.6) is 0 Å². The second kappa shape index (κ2) is 18.3. The molecule has 0 bridgehead atoms. The molecule has 3 aromatic carbocycles. The molecular formula is C37H42N2O7. The zero-order valence-electron chi connectivity index (χ0n) is 25.9. The van der Waals surface area contributed by atoms with Crippen molar-refractivity contribution >= 4 is 23.8 Å². The van der Waals surface area contributed by atoms with E-state index in [1.54, 1.807) is 0 Å². The number of allylic oxidation sites excluding steroid dienone is 2. The lowest BCUT2D eigenvalue weighted by atomic mass is 9.94. The van der Waals surface area contributed by atoms with Crippen molar-refractivity contribution in [1.29, 1.82) is 0 Å². The van der Waals surface area contributed by atoms with E-state index in [-0.39, 0.29) is 26.1 Å². The lowest BCUT2D eigenvalue weighted by molar-refractivity contribution is -0.157. The van der Waals surface area contributed by atoms with Crippen LogP contribution >= 0.6 is 0 Å². The van der Waals surface area contributed by atoms with Crippen molar-refractivity contribution in [3.8, 4) is 0 Å². The molecule has 1 aliphatic heterocycles. The average molecular weight is 627 g/mol. The first-order chi connectivity index (χ1) is 22.4. The Bertz CT molecular complexity index is 1430. The molecule has 0 fully saturated rings. The van der Waals surface area contributed by atoms with Gasteiger partial charge >= 0.3 is 11.9 Å². The first kappa shape index (κ1) is 34.1. The summed E-state index contributed by atoms with van der Waals surface area (Å²) < 4.78 is 11.1. The molecular weight excluding hydrogens is 584 g/mol. The first-order valence-electron chi connectivity index (χ1n) is 15.7. The maximum Gasteiger partial charge on any atom is 0.332 e. The number of benzene rings is 3. The number of rotatable bonds is 11. The van der Waals surface area contributed by atoms with Gasteiger partial charge in [-0.15, -0.1) is 0 Å². The molecule has 4 atom stereocenters. The van der Waals surface area contributed by atoms with Crippen LogP contribution in [0.25, 0.3) is 0 Å². The van der Waals surface area contributed by atoms with Crippen LogP contribution in [0.3, 0.4) is 0 Å². The average Bonchev–Trinajstić information content (AvgIpc) is 3.09. The van der Waals surface area contributed by atoms with E-state index in [1.165, 1.54) is 0 Å². The second-order valence-electron chi connectivity index (χ2n) is 11.5. The predicted octanol–water partition coefficient (Wildman–Crippen LogP) is 4.08.